The molecule has 1 aromatic heterocycles. The van der Waals surface area contributed by atoms with Crippen LogP contribution in [0, 0.1) is 13.8 Å². The highest BCUT2D eigenvalue weighted by Gasteiger charge is 2.44. The Balaban J connectivity index is 2.19. The van der Waals surface area contributed by atoms with Crippen molar-refractivity contribution >= 4 is 0 Å². The summed E-state index contributed by atoms with van der Waals surface area (Å²) in [5.41, 5.74) is 11.1. The summed E-state index contributed by atoms with van der Waals surface area (Å²) < 4.78 is 12.0. The van der Waals surface area contributed by atoms with Crippen LogP contribution in [0.2, 0.25) is 0 Å². The highest BCUT2D eigenvalue weighted by molar-refractivity contribution is 5.38. The van der Waals surface area contributed by atoms with E-state index in [-0.39, 0.29) is 6.01 Å². The third kappa shape index (κ3) is 3.81. The highest BCUT2D eigenvalue weighted by Crippen LogP contribution is 2.39. The van der Waals surface area contributed by atoms with Gasteiger partial charge in [-0.05, 0) is 41.7 Å². The first-order valence-corrected chi connectivity index (χ1v) is 8.79. The number of ether oxygens (including phenoxy) is 2. The van der Waals surface area contributed by atoms with Crippen LogP contribution in [-0.4, -0.2) is 23.3 Å². The Labute approximate surface area is 163 Å². The summed E-state index contributed by atoms with van der Waals surface area (Å²) in [7, 11) is 1.56. The average molecular weight is 375 g/mol. The van der Waals surface area contributed by atoms with Crippen LogP contribution in [-0.2, 0) is 10.3 Å². The Morgan fingerprint density at radius 1 is 0.929 bits per heavy atom. The minimum atomic E-state index is -1.18. The second-order valence-corrected chi connectivity index (χ2v) is 6.28. The Kier molecular flexibility index (Phi) is 5.89. The number of azide groups is 1. The Morgan fingerprint density at radius 3 is 1.86 bits per heavy atom. The fourth-order valence-corrected chi connectivity index (χ4v) is 3.24. The molecule has 0 amide bonds. The average Bonchev–Trinajstić information content (AvgIpc) is 2.70. The molecule has 0 aliphatic heterocycles. The molecule has 0 fully saturated rings. The van der Waals surface area contributed by atoms with E-state index in [0.29, 0.717) is 0 Å². The van der Waals surface area contributed by atoms with Gasteiger partial charge < -0.3 is 9.47 Å². The summed E-state index contributed by atoms with van der Waals surface area (Å²) in [6.45, 7) is 3.70. The topological polar surface area (TPSA) is 93.0 Å². The first-order valence-electron chi connectivity index (χ1n) is 8.79. The molecule has 0 saturated heterocycles. The van der Waals surface area contributed by atoms with Crippen molar-refractivity contribution in [2.24, 2.45) is 5.11 Å². The zero-order chi connectivity index (χ0) is 20.0. The van der Waals surface area contributed by atoms with Gasteiger partial charge >= 0.3 is 6.01 Å². The first kappa shape index (κ1) is 19.4. The van der Waals surface area contributed by atoms with Crippen molar-refractivity contribution in [1.82, 2.24) is 9.97 Å². The quantitative estimate of drug-likeness (QED) is 0.340. The van der Waals surface area contributed by atoms with Crippen LogP contribution in [0.5, 0.6) is 6.01 Å². The lowest BCUT2D eigenvalue weighted by molar-refractivity contribution is -0.0677. The summed E-state index contributed by atoms with van der Waals surface area (Å²) in [5, 5.41) is 3.93. The van der Waals surface area contributed by atoms with Crippen LogP contribution >= 0.6 is 0 Å². The van der Waals surface area contributed by atoms with Crippen LogP contribution in [0.4, 0.5) is 0 Å². The van der Waals surface area contributed by atoms with Crippen molar-refractivity contribution in [3.8, 4) is 6.01 Å². The molecule has 0 unspecified atom stereocenters. The predicted molar refractivity (Wildman–Crippen MR) is 106 cm³/mol. The van der Waals surface area contributed by atoms with Crippen LogP contribution < -0.4 is 4.74 Å². The normalized spacial score (nSPS) is 12.1. The second kappa shape index (κ2) is 8.52. The molecule has 0 N–H and O–H groups in total. The van der Waals surface area contributed by atoms with E-state index in [0.717, 1.165) is 22.5 Å². The molecule has 7 nitrogen and oxygen atoms in total. The van der Waals surface area contributed by atoms with Gasteiger partial charge in [0.25, 0.3) is 0 Å². The number of aryl methyl sites for hydroxylation is 2. The Hall–Kier alpha value is -3.41. The molecule has 0 spiro atoms. The van der Waals surface area contributed by atoms with E-state index >= 15 is 0 Å². The van der Waals surface area contributed by atoms with Crippen molar-refractivity contribution in [3.05, 3.63) is 99.7 Å². The lowest BCUT2D eigenvalue weighted by Gasteiger charge is -2.37. The SMILES string of the molecule is COC(c1ccccc1)(c1ccccc1)[C@H](N=[N+]=[N-])Oc1nc(C)cc(C)n1. The van der Waals surface area contributed by atoms with Crippen molar-refractivity contribution in [2.45, 2.75) is 25.7 Å². The molecule has 7 heteroatoms. The molecule has 3 rings (SSSR count). The Bertz CT molecular complexity index is 913. The second-order valence-electron chi connectivity index (χ2n) is 6.28. The number of aromatic nitrogens is 2. The van der Waals surface area contributed by atoms with E-state index < -0.39 is 11.8 Å². The van der Waals surface area contributed by atoms with E-state index in [9.17, 15) is 5.53 Å². The molecule has 1 atom stereocenters. The summed E-state index contributed by atoms with van der Waals surface area (Å²) in [5.74, 6) is 0. The Morgan fingerprint density at radius 2 is 1.43 bits per heavy atom. The van der Waals surface area contributed by atoms with Gasteiger partial charge in [-0.1, -0.05) is 60.7 Å². The smallest absolute Gasteiger partial charge is 0.317 e. The maximum Gasteiger partial charge on any atom is 0.317 e. The van der Waals surface area contributed by atoms with Gasteiger partial charge in [-0.25, -0.2) is 9.97 Å². The molecule has 0 radical (unpaired) electrons. The van der Waals surface area contributed by atoms with Crippen LogP contribution in [0.1, 0.15) is 22.5 Å². The lowest BCUT2D eigenvalue weighted by atomic mass is 9.84. The minimum absolute atomic E-state index is 0.128. The summed E-state index contributed by atoms with van der Waals surface area (Å²) in [6, 6.07) is 21.0. The monoisotopic (exact) mass is 375 g/mol. The van der Waals surface area contributed by atoms with Gasteiger partial charge in [0.15, 0.2) is 5.60 Å². The number of methoxy groups -OCH3 is 1. The van der Waals surface area contributed by atoms with E-state index in [2.05, 4.69) is 20.0 Å². The van der Waals surface area contributed by atoms with Crippen LogP contribution in [0.3, 0.4) is 0 Å². The van der Waals surface area contributed by atoms with Gasteiger partial charge in [-0.3, -0.25) is 0 Å². The van der Waals surface area contributed by atoms with Crippen molar-refractivity contribution in [2.75, 3.05) is 7.11 Å². The van der Waals surface area contributed by atoms with Crippen LogP contribution in [0.15, 0.2) is 71.8 Å². The van der Waals surface area contributed by atoms with Crippen LogP contribution in [0.25, 0.3) is 10.4 Å². The largest absolute Gasteiger partial charge is 0.450 e. The predicted octanol–water partition coefficient (Wildman–Crippen LogP) is 4.70. The molecule has 1 heterocycles. The molecule has 0 aliphatic rings. The zero-order valence-corrected chi connectivity index (χ0v) is 16.0. The standard InChI is InChI=1S/C21H21N5O2/c1-15-14-16(2)24-20(23-15)28-19(25-26-22)21(27-3,17-10-6-4-7-11-17)18-12-8-5-9-13-18/h4-14,19H,1-3H3/t19-/m1/s1. The number of hydrogen-bond donors (Lipinski definition) is 0. The number of rotatable bonds is 7. The lowest BCUT2D eigenvalue weighted by Crippen LogP contribution is -2.45. The maximum absolute atomic E-state index is 9.26. The van der Waals surface area contributed by atoms with Crippen molar-refractivity contribution < 1.29 is 9.47 Å². The van der Waals surface area contributed by atoms with Crippen molar-refractivity contribution in [1.29, 1.82) is 0 Å². The molecule has 2 aromatic carbocycles. The van der Waals surface area contributed by atoms with E-state index in [1.807, 2.05) is 80.6 Å². The third-order valence-corrected chi connectivity index (χ3v) is 4.41. The van der Waals surface area contributed by atoms with Gasteiger partial charge in [-0.2, -0.15) is 0 Å². The van der Waals surface area contributed by atoms with Gasteiger partial charge in [0.05, 0.1) is 0 Å². The minimum Gasteiger partial charge on any atom is -0.450 e. The summed E-state index contributed by atoms with van der Waals surface area (Å²) in [6.07, 6.45) is -1.08. The fourth-order valence-electron chi connectivity index (χ4n) is 3.24. The van der Waals surface area contributed by atoms with Crippen molar-refractivity contribution in [3.63, 3.8) is 0 Å². The fraction of sp³-hybridized carbons (Fsp3) is 0.238. The van der Waals surface area contributed by atoms with Gasteiger partial charge in [0.2, 0.25) is 6.23 Å². The zero-order valence-electron chi connectivity index (χ0n) is 16.0. The van der Waals surface area contributed by atoms with E-state index in [1.54, 1.807) is 7.11 Å². The molecule has 0 saturated carbocycles. The molecule has 0 aliphatic carbocycles. The van der Waals surface area contributed by atoms with Gasteiger partial charge in [0, 0.05) is 23.4 Å². The maximum atomic E-state index is 9.26. The van der Waals surface area contributed by atoms with Gasteiger partial charge in [-0.15, -0.1) is 0 Å². The number of benzene rings is 2. The van der Waals surface area contributed by atoms with E-state index in [4.69, 9.17) is 9.47 Å². The third-order valence-electron chi connectivity index (χ3n) is 4.41. The molecule has 3 aromatic rings. The molecule has 0 bridgehead atoms. The molecular formula is C21H21N5O2. The molecule has 28 heavy (non-hydrogen) atoms. The first-order chi connectivity index (χ1) is 13.6. The van der Waals surface area contributed by atoms with Gasteiger partial charge in [0.1, 0.15) is 0 Å². The van der Waals surface area contributed by atoms with E-state index in [1.165, 1.54) is 0 Å². The molecular weight excluding hydrogens is 354 g/mol. The number of hydrogen-bond acceptors (Lipinski definition) is 5. The number of nitrogens with zero attached hydrogens (tertiary/aromatic N) is 5. The summed E-state index contributed by atoms with van der Waals surface area (Å²) >= 11 is 0. The molecule has 142 valence electrons. The summed E-state index contributed by atoms with van der Waals surface area (Å²) in [4.78, 5) is 11.6. The highest BCUT2D eigenvalue weighted by atomic mass is 16.6.